The number of ether oxygens (including phenoxy) is 3. The van der Waals surface area contributed by atoms with E-state index in [1.54, 1.807) is 13.2 Å². The average molecular weight is 466 g/mol. The van der Waals surface area contributed by atoms with Crippen molar-refractivity contribution in [3.63, 3.8) is 0 Å². The molecule has 0 saturated carbocycles. The maximum atomic E-state index is 14.1. The van der Waals surface area contributed by atoms with Crippen molar-refractivity contribution in [2.24, 2.45) is 5.92 Å². The van der Waals surface area contributed by atoms with Gasteiger partial charge in [0, 0.05) is 39.3 Å². The van der Waals surface area contributed by atoms with Crippen LogP contribution in [0.5, 0.6) is 5.75 Å². The third-order valence-electron chi connectivity index (χ3n) is 6.60. The van der Waals surface area contributed by atoms with Gasteiger partial charge in [0.1, 0.15) is 11.6 Å². The summed E-state index contributed by atoms with van der Waals surface area (Å²) in [5.41, 5.74) is 0.769. The van der Waals surface area contributed by atoms with Crippen LogP contribution in [0.2, 0.25) is 0 Å². The zero-order chi connectivity index (χ0) is 21.7. The van der Waals surface area contributed by atoms with Crippen molar-refractivity contribution in [3.8, 4) is 5.75 Å². The molecule has 7 heteroatoms. The first-order chi connectivity index (χ1) is 15.1. The molecule has 0 amide bonds. The lowest BCUT2D eigenvalue weighted by atomic mass is 9.73. The van der Waals surface area contributed by atoms with Gasteiger partial charge >= 0.3 is 0 Å². The highest BCUT2D eigenvalue weighted by molar-refractivity contribution is 5.85. The summed E-state index contributed by atoms with van der Waals surface area (Å²) < 4.78 is 31.2. The van der Waals surface area contributed by atoms with Crippen LogP contribution in [-0.4, -0.2) is 61.7 Å². The second-order valence-electron chi connectivity index (χ2n) is 8.59. The van der Waals surface area contributed by atoms with Crippen LogP contribution in [0.1, 0.15) is 24.0 Å². The van der Waals surface area contributed by atoms with Crippen LogP contribution in [0.4, 0.5) is 4.39 Å². The summed E-state index contributed by atoms with van der Waals surface area (Å²) in [4.78, 5) is 2.33. The Bertz CT molecular complexity index is 849. The van der Waals surface area contributed by atoms with Gasteiger partial charge in [-0.3, -0.25) is 4.90 Å². The minimum absolute atomic E-state index is 0. The van der Waals surface area contributed by atoms with Gasteiger partial charge in [0.2, 0.25) is 0 Å². The van der Waals surface area contributed by atoms with E-state index in [1.807, 2.05) is 18.2 Å². The van der Waals surface area contributed by atoms with Gasteiger partial charge in [0.05, 0.1) is 25.4 Å². The van der Waals surface area contributed by atoms with E-state index in [1.165, 1.54) is 17.7 Å². The third kappa shape index (κ3) is 5.80. The number of hydrogen-bond donors (Lipinski definition) is 1. The monoisotopic (exact) mass is 465 g/mol. The normalized spacial score (nSPS) is 22.0. The van der Waals surface area contributed by atoms with E-state index in [4.69, 9.17) is 14.2 Å². The molecule has 2 atom stereocenters. The maximum Gasteiger partial charge on any atom is 0.123 e. The second kappa shape index (κ2) is 11.4. The van der Waals surface area contributed by atoms with Crippen LogP contribution in [0, 0.1) is 11.7 Å². The molecule has 0 radical (unpaired) electrons. The van der Waals surface area contributed by atoms with Crippen molar-refractivity contribution in [1.29, 1.82) is 0 Å². The first-order valence-electron chi connectivity index (χ1n) is 11.1. The van der Waals surface area contributed by atoms with Crippen LogP contribution in [0.25, 0.3) is 0 Å². The third-order valence-corrected chi connectivity index (χ3v) is 6.60. The highest BCUT2D eigenvalue weighted by Crippen LogP contribution is 2.38. The SMILES string of the molecule is COc1ccc(F)cc1CC(O)(C1CCOCC1)C1CN(Cc2ccccc2)CCO1.Cl. The van der Waals surface area contributed by atoms with Gasteiger partial charge in [-0.15, -0.1) is 12.4 Å². The van der Waals surface area contributed by atoms with Gasteiger partial charge < -0.3 is 19.3 Å². The van der Waals surface area contributed by atoms with Crippen molar-refractivity contribution in [2.75, 3.05) is 40.0 Å². The lowest BCUT2D eigenvalue weighted by molar-refractivity contribution is -0.181. The predicted molar refractivity (Wildman–Crippen MR) is 124 cm³/mol. The van der Waals surface area contributed by atoms with E-state index >= 15 is 0 Å². The van der Waals surface area contributed by atoms with Crippen LogP contribution < -0.4 is 4.74 Å². The van der Waals surface area contributed by atoms with Crippen molar-refractivity contribution in [2.45, 2.75) is 37.5 Å². The van der Waals surface area contributed by atoms with Crippen LogP contribution in [-0.2, 0) is 22.4 Å². The van der Waals surface area contributed by atoms with Gasteiger partial charge in [-0.2, -0.15) is 0 Å². The Hall–Kier alpha value is -1.70. The van der Waals surface area contributed by atoms with Crippen molar-refractivity contribution >= 4 is 12.4 Å². The van der Waals surface area contributed by atoms with E-state index in [9.17, 15) is 9.50 Å². The highest BCUT2D eigenvalue weighted by Gasteiger charge is 2.47. The standard InChI is InChI=1S/C25H32FNO4.ClH/c1-29-23-8-7-22(26)15-20(23)16-25(28,21-9-12-30-13-10-21)24-18-27(11-14-31-24)17-19-5-3-2-4-6-19;/h2-8,15,21,24,28H,9-14,16-18H2,1H3;1H. The Morgan fingerprint density at radius 3 is 2.59 bits per heavy atom. The van der Waals surface area contributed by atoms with Crippen LogP contribution in [0.3, 0.4) is 0 Å². The summed E-state index contributed by atoms with van der Waals surface area (Å²) >= 11 is 0. The minimum atomic E-state index is -1.14. The van der Waals surface area contributed by atoms with Crippen LogP contribution >= 0.6 is 12.4 Å². The summed E-state index contributed by atoms with van der Waals surface area (Å²) in [6, 6.07) is 14.8. The summed E-state index contributed by atoms with van der Waals surface area (Å²) in [7, 11) is 1.57. The Labute approximate surface area is 195 Å². The van der Waals surface area contributed by atoms with Gasteiger partial charge in [-0.1, -0.05) is 30.3 Å². The molecule has 0 spiro atoms. The number of nitrogens with zero attached hydrogens (tertiary/aromatic N) is 1. The molecule has 2 aliphatic heterocycles. The Morgan fingerprint density at radius 1 is 1.12 bits per heavy atom. The fourth-order valence-electron chi connectivity index (χ4n) is 4.90. The summed E-state index contributed by atoms with van der Waals surface area (Å²) in [6.07, 6.45) is 1.42. The second-order valence-corrected chi connectivity index (χ2v) is 8.59. The summed E-state index contributed by atoms with van der Waals surface area (Å²) in [6.45, 7) is 4.05. The number of halogens is 2. The number of hydrogen-bond acceptors (Lipinski definition) is 5. The Morgan fingerprint density at radius 2 is 1.88 bits per heavy atom. The number of rotatable bonds is 7. The lowest BCUT2D eigenvalue weighted by Gasteiger charge is -2.47. The Balaban J connectivity index is 0.00000289. The first-order valence-corrected chi connectivity index (χ1v) is 11.1. The number of benzene rings is 2. The molecule has 2 fully saturated rings. The highest BCUT2D eigenvalue weighted by atomic mass is 35.5. The van der Waals surface area contributed by atoms with Crippen molar-refractivity contribution < 1.29 is 23.7 Å². The van der Waals surface area contributed by atoms with Gasteiger partial charge in [-0.25, -0.2) is 4.39 Å². The number of morpholine rings is 1. The molecule has 2 unspecified atom stereocenters. The zero-order valence-electron chi connectivity index (χ0n) is 18.5. The zero-order valence-corrected chi connectivity index (χ0v) is 19.4. The molecular formula is C25H33ClFNO4. The number of aliphatic hydroxyl groups is 1. The average Bonchev–Trinajstić information content (AvgIpc) is 2.81. The molecule has 0 bridgehead atoms. The fraction of sp³-hybridized carbons (Fsp3) is 0.520. The lowest BCUT2D eigenvalue weighted by Crippen LogP contribution is -2.59. The molecule has 2 aromatic carbocycles. The quantitative estimate of drug-likeness (QED) is 0.673. The molecule has 1 N–H and O–H groups in total. The van der Waals surface area contributed by atoms with Crippen molar-refractivity contribution in [3.05, 3.63) is 65.5 Å². The first kappa shape index (κ1) is 24.9. The van der Waals surface area contributed by atoms with E-state index < -0.39 is 5.60 Å². The van der Waals surface area contributed by atoms with Gasteiger partial charge in [-0.05, 0) is 48.1 Å². The van der Waals surface area contributed by atoms with Gasteiger partial charge in [0.15, 0.2) is 0 Å². The fourth-order valence-corrected chi connectivity index (χ4v) is 4.90. The predicted octanol–water partition coefficient (Wildman–Crippen LogP) is 3.86. The molecule has 2 saturated heterocycles. The topological polar surface area (TPSA) is 51.2 Å². The summed E-state index contributed by atoms with van der Waals surface area (Å²) in [5, 5.41) is 12.1. The van der Waals surface area contributed by atoms with Gasteiger partial charge in [0.25, 0.3) is 0 Å². The molecule has 5 nitrogen and oxygen atoms in total. The maximum absolute atomic E-state index is 14.1. The molecule has 32 heavy (non-hydrogen) atoms. The largest absolute Gasteiger partial charge is 0.496 e. The smallest absolute Gasteiger partial charge is 0.123 e. The van der Waals surface area contributed by atoms with E-state index in [0.717, 1.165) is 25.9 Å². The van der Waals surface area contributed by atoms with E-state index in [-0.39, 0.29) is 36.7 Å². The molecule has 0 aliphatic carbocycles. The van der Waals surface area contributed by atoms with E-state index in [0.29, 0.717) is 37.7 Å². The molecule has 0 aromatic heterocycles. The van der Waals surface area contributed by atoms with Crippen molar-refractivity contribution in [1.82, 2.24) is 4.90 Å². The van der Waals surface area contributed by atoms with Crippen LogP contribution in [0.15, 0.2) is 48.5 Å². The minimum Gasteiger partial charge on any atom is -0.496 e. The number of methoxy groups -OCH3 is 1. The molecule has 2 heterocycles. The van der Waals surface area contributed by atoms with E-state index in [2.05, 4.69) is 17.0 Å². The molecule has 4 rings (SSSR count). The molecule has 176 valence electrons. The molecular weight excluding hydrogens is 433 g/mol. The molecule has 2 aromatic rings. The molecule has 2 aliphatic rings. The Kier molecular flexibility index (Phi) is 8.91. The summed E-state index contributed by atoms with van der Waals surface area (Å²) in [5.74, 6) is 0.264.